The summed E-state index contributed by atoms with van der Waals surface area (Å²) in [5.74, 6) is -1.03. The molecule has 1 fully saturated rings. The van der Waals surface area contributed by atoms with Crippen molar-refractivity contribution in [2.24, 2.45) is 13.0 Å². The van der Waals surface area contributed by atoms with Gasteiger partial charge in [0.2, 0.25) is 5.91 Å². The second-order valence-electron chi connectivity index (χ2n) is 8.12. The molecule has 1 aromatic carbocycles. The normalized spacial score (nSPS) is 19.8. The number of rotatable bonds is 8. The van der Waals surface area contributed by atoms with Crippen LogP contribution in [0.15, 0.2) is 30.3 Å². The van der Waals surface area contributed by atoms with Gasteiger partial charge in [-0.25, -0.2) is 0 Å². The number of fused-ring (bicyclic) bond motifs is 1. The Morgan fingerprint density at radius 3 is 2.69 bits per heavy atom. The summed E-state index contributed by atoms with van der Waals surface area (Å²) in [6.45, 7) is -0.191. The molecule has 0 radical (unpaired) electrons. The van der Waals surface area contributed by atoms with Gasteiger partial charge in [-0.1, -0.05) is 31.0 Å². The Hall–Kier alpha value is -2.90. The molecule has 32 heavy (non-hydrogen) atoms. The first-order valence-corrected chi connectivity index (χ1v) is 12.4. The molecule has 1 aromatic heterocycles. The molecule has 3 atom stereocenters. The Balaban J connectivity index is 1.65. The van der Waals surface area contributed by atoms with Crippen molar-refractivity contribution in [3.63, 3.8) is 0 Å². The zero-order valence-corrected chi connectivity index (χ0v) is 19.0. The van der Waals surface area contributed by atoms with Gasteiger partial charge >= 0.3 is 0 Å². The monoisotopic (exact) mass is 460 g/mol. The minimum atomic E-state index is -3.61. The largest absolute Gasteiger partial charge is 0.347 e. The van der Waals surface area contributed by atoms with E-state index in [2.05, 4.69) is 14.8 Å². The standard InChI is InChI=1S/C22H28N4O5S/c1-26-19-10-6-3-7-15(19)13-20(26)22(28)25-18-9-5-4-8-17(18)21(27)24-16(14-23)11-12-31-32(2,29)30/h3,6-7,10,13,16-18H,4-5,8-9,11-12H2,1-2H3,(H,24,27)(H,25,28)/t16?,17-,18+/m1/s1. The summed E-state index contributed by atoms with van der Waals surface area (Å²) in [7, 11) is -1.78. The smallest absolute Gasteiger partial charge is 0.268 e. The number of benzene rings is 1. The Kier molecular flexibility index (Phi) is 7.53. The van der Waals surface area contributed by atoms with E-state index in [-0.39, 0.29) is 30.9 Å². The molecule has 3 rings (SSSR count). The number of nitrogens with zero attached hydrogens (tertiary/aromatic N) is 2. The maximum atomic E-state index is 13.0. The molecule has 9 nitrogen and oxygen atoms in total. The van der Waals surface area contributed by atoms with Crippen LogP contribution in [0.1, 0.15) is 42.6 Å². The highest BCUT2D eigenvalue weighted by molar-refractivity contribution is 7.85. The molecule has 0 saturated heterocycles. The second kappa shape index (κ2) is 10.1. The van der Waals surface area contributed by atoms with E-state index in [4.69, 9.17) is 0 Å². The zero-order valence-electron chi connectivity index (χ0n) is 18.2. The highest BCUT2D eigenvalue weighted by Crippen LogP contribution is 2.26. The van der Waals surface area contributed by atoms with E-state index in [1.807, 2.05) is 48.0 Å². The number of amides is 2. The van der Waals surface area contributed by atoms with Crippen LogP contribution in [0.3, 0.4) is 0 Å². The van der Waals surface area contributed by atoms with E-state index in [0.717, 1.165) is 30.0 Å². The van der Waals surface area contributed by atoms with E-state index in [1.165, 1.54) is 0 Å². The highest BCUT2D eigenvalue weighted by atomic mass is 32.2. The lowest BCUT2D eigenvalue weighted by Crippen LogP contribution is -2.50. The van der Waals surface area contributed by atoms with Crippen LogP contribution in [0.4, 0.5) is 0 Å². The molecule has 172 valence electrons. The molecule has 1 saturated carbocycles. The van der Waals surface area contributed by atoms with Crippen molar-refractivity contribution in [2.45, 2.75) is 44.2 Å². The zero-order chi connectivity index (χ0) is 23.3. The van der Waals surface area contributed by atoms with Gasteiger partial charge in [0.05, 0.1) is 24.8 Å². The Morgan fingerprint density at radius 2 is 2.00 bits per heavy atom. The third-order valence-corrected chi connectivity index (χ3v) is 6.37. The van der Waals surface area contributed by atoms with Gasteiger partial charge < -0.3 is 15.2 Å². The SMILES string of the molecule is Cn1c(C(=O)N[C@H]2CCCC[C@H]2C(=O)NC(C#N)CCOS(C)(=O)=O)cc2ccccc21. The molecule has 2 N–H and O–H groups in total. The van der Waals surface area contributed by atoms with Gasteiger partial charge in [0, 0.05) is 30.4 Å². The summed E-state index contributed by atoms with van der Waals surface area (Å²) in [5, 5.41) is 16.0. The third-order valence-electron chi connectivity index (χ3n) is 5.78. The first kappa shape index (κ1) is 23.8. The maximum Gasteiger partial charge on any atom is 0.268 e. The molecular formula is C22H28N4O5S. The molecule has 0 bridgehead atoms. The number of aromatic nitrogens is 1. The lowest BCUT2D eigenvalue weighted by atomic mass is 9.83. The summed E-state index contributed by atoms with van der Waals surface area (Å²) < 4.78 is 28.6. The van der Waals surface area contributed by atoms with Crippen molar-refractivity contribution in [1.29, 1.82) is 5.26 Å². The first-order chi connectivity index (χ1) is 15.2. The predicted octanol–water partition coefficient (Wildman–Crippen LogP) is 1.84. The number of carbonyl (C=O) groups is 2. The van der Waals surface area contributed by atoms with Crippen molar-refractivity contribution in [3.05, 3.63) is 36.0 Å². The minimum absolute atomic E-state index is 0.0506. The molecule has 1 aliphatic carbocycles. The lowest BCUT2D eigenvalue weighted by Gasteiger charge is -2.31. The molecule has 0 spiro atoms. The average molecular weight is 461 g/mol. The second-order valence-corrected chi connectivity index (χ2v) is 9.77. The number of carbonyl (C=O) groups excluding carboxylic acids is 2. The van der Waals surface area contributed by atoms with Crippen LogP contribution < -0.4 is 10.6 Å². The number of hydrogen-bond donors (Lipinski definition) is 2. The molecule has 10 heteroatoms. The maximum absolute atomic E-state index is 13.0. The van der Waals surface area contributed by atoms with Crippen LogP contribution in [0.25, 0.3) is 10.9 Å². The van der Waals surface area contributed by atoms with Crippen molar-refractivity contribution >= 4 is 32.8 Å². The fraction of sp³-hybridized carbons (Fsp3) is 0.500. The number of hydrogen-bond acceptors (Lipinski definition) is 6. The number of aryl methyl sites for hydroxylation is 1. The van der Waals surface area contributed by atoms with Crippen LogP contribution >= 0.6 is 0 Å². The molecule has 2 amide bonds. The van der Waals surface area contributed by atoms with Crippen LogP contribution in [-0.4, -0.2) is 49.7 Å². The van der Waals surface area contributed by atoms with Gasteiger partial charge in [-0.15, -0.1) is 0 Å². The first-order valence-electron chi connectivity index (χ1n) is 10.6. The Bertz CT molecular complexity index is 1130. The summed E-state index contributed by atoms with van der Waals surface area (Å²) in [6.07, 6.45) is 4.00. The van der Waals surface area contributed by atoms with Crippen molar-refractivity contribution < 1.29 is 22.2 Å². The molecule has 1 heterocycles. The summed E-state index contributed by atoms with van der Waals surface area (Å²) in [6, 6.07) is 10.3. The molecule has 1 unspecified atom stereocenters. The van der Waals surface area contributed by atoms with E-state index < -0.39 is 22.1 Å². The average Bonchev–Trinajstić information content (AvgIpc) is 3.09. The number of nitriles is 1. The minimum Gasteiger partial charge on any atom is -0.347 e. The third kappa shape index (κ3) is 5.87. The Morgan fingerprint density at radius 1 is 1.28 bits per heavy atom. The van der Waals surface area contributed by atoms with Crippen molar-refractivity contribution in [2.75, 3.05) is 12.9 Å². The topological polar surface area (TPSA) is 130 Å². The van der Waals surface area contributed by atoms with Crippen LogP contribution in [-0.2, 0) is 26.1 Å². The van der Waals surface area contributed by atoms with Crippen molar-refractivity contribution in [1.82, 2.24) is 15.2 Å². The van der Waals surface area contributed by atoms with E-state index >= 15 is 0 Å². The predicted molar refractivity (Wildman–Crippen MR) is 119 cm³/mol. The fourth-order valence-corrected chi connectivity index (χ4v) is 4.53. The summed E-state index contributed by atoms with van der Waals surface area (Å²) in [4.78, 5) is 25.9. The van der Waals surface area contributed by atoms with Gasteiger partial charge in [-0.2, -0.15) is 13.7 Å². The number of para-hydroxylation sites is 1. The van der Waals surface area contributed by atoms with Gasteiger partial charge in [-0.05, 0) is 25.0 Å². The Labute approximate surface area is 187 Å². The van der Waals surface area contributed by atoms with Crippen LogP contribution in [0.5, 0.6) is 0 Å². The fourth-order valence-electron chi connectivity index (χ4n) is 4.13. The van der Waals surface area contributed by atoms with E-state index in [9.17, 15) is 23.3 Å². The van der Waals surface area contributed by atoms with Gasteiger partial charge in [0.15, 0.2) is 0 Å². The van der Waals surface area contributed by atoms with Crippen LogP contribution in [0.2, 0.25) is 0 Å². The molecule has 1 aliphatic rings. The molecular weight excluding hydrogens is 432 g/mol. The lowest BCUT2D eigenvalue weighted by molar-refractivity contribution is -0.127. The number of nitrogens with one attached hydrogen (secondary N) is 2. The van der Waals surface area contributed by atoms with Gasteiger partial charge in [0.1, 0.15) is 11.7 Å². The quantitative estimate of drug-likeness (QED) is 0.578. The van der Waals surface area contributed by atoms with Gasteiger partial charge in [0.25, 0.3) is 16.0 Å². The molecule has 2 aromatic rings. The summed E-state index contributed by atoms with van der Waals surface area (Å²) >= 11 is 0. The van der Waals surface area contributed by atoms with Crippen molar-refractivity contribution in [3.8, 4) is 6.07 Å². The van der Waals surface area contributed by atoms with Crippen LogP contribution in [0, 0.1) is 17.2 Å². The summed E-state index contributed by atoms with van der Waals surface area (Å²) in [5.41, 5.74) is 1.47. The van der Waals surface area contributed by atoms with E-state index in [0.29, 0.717) is 18.5 Å². The highest BCUT2D eigenvalue weighted by Gasteiger charge is 2.33. The van der Waals surface area contributed by atoms with E-state index in [1.54, 1.807) is 0 Å². The van der Waals surface area contributed by atoms with Gasteiger partial charge in [-0.3, -0.25) is 13.8 Å². The molecule has 0 aliphatic heterocycles.